The minimum absolute atomic E-state index is 0.710. The predicted molar refractivity (Wildman–Crippen MR) is 50.1 cm³/mol. The zero-order chi connectivity index (χ0) is 8.97. The highest BCUT2D eigenvalue weighted by atomic mass is 14.6. The van der Waals surface area contributed by atoms with Crippen LogP contribution in [0, 0.1) is 11.3 Å². The van der Waals surface area contributed by atoms with Gasteiger partial charge in [-0.1, -0.05) is 18.2 Å². The minimum atomic E-state index is 0.710. The van der Waals surface area contributed by atoms with Crippen molar-refractivity contribution in [2.75, 3.05) is 5.73 Å². The lowest BCUT2D eigenvalue weighted by Gasteiger charge is -2.02. The van der Waals surface area contributed by atoms with Crippen molar-refractivity contribution in [1.82, 2.24) is 0 Å². The number of nitrogens with two attached hydrogens (primary N) is 1. The first-order chi connectivity index (χ1) is 5.75. The van der Waals surface area contributed by atoms with Crippen molar-refractivity contribution in [3.8, 4) is 6.07 Å². The van der Waals surface area contributed by atoms with Gasteiger partial charge in [-0.3, -0.25) is 0 Å². The van der Waals surface area contributed by atoms with Crippen molar-refractivity contribution in [3.05, 3.63) is 35.9 Å². The van der Waals surface area contributed by atoms with Crippen molar-refractivity contribution in [2.24, 2.45) is 0 Å². The van der Waals surface area contributed by atoms with Gasteiger partial charge in [0.25, 0.3) is 0 Å². The summed E-state index contributed by atoms with van der Waals surface area (Å²) in [7, 11) is 0. The topological polar surface area (TPSA) is 49.8 Å². The van der Waals surface area contributed by atoms with Crippen molar-refractivity contribution < 1.29 is 0 Å². The van der Waals surface area contributed by atoms with Crippen molar-refractivity contribution >= 4 is 11.3 Å². The van der Waals surface area contributed by atoms with E-state index in [0.717, 1.165) is 11.1 Å². The number of rotatable bonds is 1. The first-order valence-corrected chi connectivity index (χ1v) is 3.67. The van der Waals surface area contributed by atoms with Crippen molar-refractivity contribution in [1.29, 1.82) is 5.26 Å². The predicted octanol–water partition coefficient (Wildman–Crippen LogP) is 2.20. The first-order valence-electron chi connectivity index (χ1n) is 3.67. The third-order valence-corrected chi connectivity index (χ3v) is 1.67. The molecule has 0 aliphatic rings. The van der Waals surface area contributed by atoms with E-state index in [0.29, 0.717) is 5.69 Å². The van der Waals surface area contributed by atoms with Crippen LogP contribution in [0.5, 0.6) is 0 Å². The molecule has 0 unspecified atom stereocenters. The second-order valence-corrected chi connectivity index (χ2v) is 2.54. The van der Waals surface area contributed by atoms with Crippen LogP contribution in [0.1, 0.15) is 12.5 Å². The Morgan fingerprint density at radius 2 is 2.17 bits per heavy atom. The maximum atomic E-state index is 8.42. The van der Waals surface area contributed by atoms with Crippen LogP contribution in [-0.2, 0) is 0 Å². The molecule has 2 nitrogen and oxygen atoms in total. The molecule has 2 heteroatoms. The normalized spacial score (nSPS) is 10.8. The first kappa shape index (κ1) is 8.35. The molecule has 0 atom stereocenters. The monoisotopic (exact) mass is 158 g/mol. The quantitative estimate of drug-likeness (QED) is 0.503. The van der Waals surface area contributed by atoms with Gasteiger partial charge in [-0.2, -0.15) is 5.26 Å². The molecule has 0 fully saturated rings. The van der Waals surface area contributed by atoms with E-state index in [-0.39, 0.29) is 0 Å². The van der Waals surface area contributed by atoms with Gasteiger partial charge in [0, 0.05) is 17.3 Å². The number of nitrogen functional groups attached to an aromatic ring is 1. The van der Waals surface area contributed by atoms with Crippen LogP contribution < -0.4 is 5.73 Å². The molecule has 0 bridgehead atoms. The van der Waals surface area contributed by atoms with Gasteiger partial charge in [0.05, 0.1) is 6.07 Å². The van der Waals surface area contributed by atoms with Crippen LogP contribution in [0.25, 0.3) is 5.57 Å². The molecule has 1 aromatic carbocycles. The fourth-order valence-corrected chi connectivity index (χ4v) is 1.03. The lowest BCUT2D eigenvalue weighted by atomic mass is 10.1. The Kier molecular flexibility index (Phi) is 2.49. The lowest BCUT2D eigenvalue weighted by Crippen LogP contribution is -1.90. The van der Waals surface area contributed by atoms with Crippen LogP contribution in [0.2, 0.25) is 0 Å². The average molecular weight is 158 g/mol. The maximum absolute atomic E-state index is 8.42. The van der Waals surface area contributed by atoms with Crippen LogP contribution in [0.4, 0.5) is 5.69 Å². The van der Waals surface area contributed by atoms with E-state index >= 15 is 0 Å². The highest BCUT2D eigenvalue weighted by molar-refractivity contribution is 5.74. The molecule has 0 amide bonds. The Morgan fingerprint density at radius 1 is 1.50 bits per heavy atom. The van der Waals surface area contributed by atoms with Gasteiger partial charge in [0.2, 0.25) is 0 Å². The van der Waals surface area contributed by atoms with Crippen LogP contribution in [0.15, 0.2) is 30.3 Å². The Labute approximate surface area is 71.9 Å². The Balaban J connectivity index is 3.13. The smallest absolute Gasteiger partial charge is 0.0915 e. The summed E-state index contributed by atoms with van der Waals surface area (Å²) in [5.41, 5.74) is 8.24. The number of allylic oxidation sites excluding steroid dienone is 2. The summed E-state index contributed by atoms with van der Waals surface area (Å²) >= 11 is 0. The van der Waals surface area contributed by atoms with Gasteiger partial charge in [-0.15, -0.1) is 0 Å². The number of hydrogen-bond acceptors (Lipinski definition) is 2. The molecule has 0 radical (unpaired) electrons. The molecule has 0 aliphatic heterocycles. The molecule has 1 aromatic rings. The Bertz CT molecular complexity index is 345. The lowest BCUT2D eigenvalue weighted by molar-refractivity contribution is 1.51. The molecule has 60 valence electrons. The Morgan fingerprint density at radius 3 is 2.75 bits per heavy atom. The van der Waals surface area contributed by atoms with E-state index in [1.165, 1.54) is 6.08 Å². The zero-order valence-corrected chi connectivity index (χ0v) is 6.91. The molecule has 0 aromatic heterocycles. The van der Waals surface area contributed by atoms with E-state index in [1.54, 1.807) is 0 Å². The van der Waals surface area contributed by atoms with Gasteiger partial charge in [-0.05, 0) is 18.6 Å². The number of benzene rings is 1. The molecule has 0 saturated heterocycles. The van der Waals surface area contributed by atoms with Gasteiger partial charge >= 0.3 is 0 Å². The van der Waals surface area contributed by atoms with E-state index < -0.39 is 0 Å². The number of nitriles is 1. The van der Waals surface area contributed by atoms with E-state index in [1.807, 2.05) is 37.3 Å². The van der Waals surface area contributed by atoms with E-state index in [2.05, 4.69) is 0 Å². The average Bonchev–Trinajstić information content (AvgIpc) is 2.05. The third-order valence-electron chi connectivity index (χ3n) is 1.67. The molecular formula is C10H10N2. The standard InChI is InChI=1S/C10H10N2/c1-8(6-7-11)9-4-2-3-5-10(9)12/h2-6H,12H2,1H3/b8-6-. The highest BCUT2D eigenvalue weighted by Crippen LogP contribution is 2.19. The van der Waals surface area contributed by atoms with Crippen LogP contribution in [0.3, 0.4) is 0 Å². The molecule has 0 aliphatic carbocycles. The van der Waals surface area contributed by atoms with Crippen molar-refractivity contribution in [3.63, 3.8) is 0 Å². The minimum Gasteiger partial charge on any atom is -0.398 e. The summed E-state index contributed by atoms with van der Waals surface area (Å²) in [5, 5.41) is 8.42. The number of hydrogen-bond donors (Lipinski definition) is 1. The van der Waals surface area contributed by atoms with Crippen LogP contribution in [-0.4, -0.2) is 0 Å². The molecular weight excluding hydrogens is 148 g/mol. The summed E-state index contributed by atoms with van der Waals surface area (Å²) in [6.45, 7) is 1.87. The second kappa shape index (κ2) is 3.59. The second-order valence-electron chi connectivity index (χ2n) is 2.54. The SMILES string of the molecule is C/C(=C/C#N)c1ccccc1N. The molecule has 12 heavy (non-hydrogen) atoms. The van der Waals surface area contributed by atoms with E-state index in [4.69, 9.17) is 11.0 Å². The molecule has 0 spiro atoms. The Hall–Kier alpha value is -1.75. The van der Waals surface area contributed by atoms with Crippen molar-refractivity contribution in [2.45, 2.75) is 6.92 Å². The largest absolute Gasteiger partial charge is 0.398 e. The van der Waals surface area contributed by atoms with E-state index in [9.17, 15) is 0 Å². The molecule has 0 heterocycles. The third kappa shape index (κ3) is 1.64. The summed E-state index contributed by atoms with van der Waals surface area (Å²) < 4.78 is 0. The summed E-state index contributed by atoms with van der Waals surface area (Å²) in [6, 6.07) is 9.48. The molecule has 1 rings (SSSR count). The summed E-state index contributed by atoms with van der Waals surface area (Å²) in [6.07, 6.45) is 1.49. The summed E-state index contributed by atoms with van der Waals surface area (Å²) in [4.78, 5) is 0. The fraction of sp³-hybridized carbons (Fsp3) is 0.100. The molecule has 2 N–H and O–H groups in total. The van der Waals surface area contributed by atoms with Gasteiger partial charge in [-0.25, -0.2) is 0 Å². The van der Waals surface area contributed by atoms with Gasteiger partial charge in [0.1, 0.15) is 0 Å². The summed E-state index contributed by atoms with van der Waals surface area (Å²) in [5.74, 6) is 0. The number of nitrogens with zero attached hydrogens (tertiary/aromatic N) is 1. The number of para-hydroxylation sites is 1. The highest BCUT2D eigenvalue weighted by Gasteiger charge is 1.97. The maximum Gasteiger partial charge on any atom is 0.0915 e. The number of anilines is 1. The van der Waals surface area contributed by atoms with Gasteiger partial charge in [0.15, 0.2) is 0 Å². The molecule has 0 saturated carbocycles. The fourth-order valence-electron chi connectivity index (χ4n) is 1.03. The van der Waals surface area contributed by atoms with Gasteiger partial charge < -0.3 is 5.73 Å². The van der Waals surface area contributed by atoms with Crippen LogP contribution >= 0.6 is 0 Å². The zero-order valence-electron chi connectivity index (χ0n) is 6.91.